The fourth-order valence-corrected chi connectivity index (χ4v) is 2.08. The van der Waals surface area contributed by atoms with Crippen LogP contribution in [0, 0.1) is 5.82 Å². The number of pyridine rings is 1. The minimum Gasteiger partial charge on any atom is -0.435 e. The van der Waals surface area contributed by atoms with E-state index in [0.29, 0.717) is 21.5 Å². The minimum absolute atomic E-state index is 0.348. The second kappa shape index (κ2) is 3.92. The molecule has 0 aliphatic heterocycles. The highest BCUT2D eigenvalue weighted by Gasteiger charge is 2.11. The zero-order valence-corrected chi connectivity index (χ0v) is 10.1. The van der Waals surface area contributed by atoms with Crippen LogP contribution in [-0.2, 0) is 0 Å². The molecule has 3 nitrogen and oxygen atoms in total. The fraction of sp³-hybridized carbons (Fsp3) is 0. The zero-order chi connectivity index (χ0) is 11.8. The Balaban J connectivity index is 2.24. The molecule has 0 saturated carbocycles. The van der Waals surface area contributed by atoms with Crippen molar-refractivity contribution in [3.8, 4) is 11.5 Å². The third-order valence-corrected chi connectivity index (χ3v) is 2.93. The Hall–Kier alpha value is -1.75. The minimum atomic E-state index is -0.348. The molecule has 0 fully saturated rings. The monoisotopic (exact) mass is 292 g/mol. The number of hydrogen-bond donors (Lipinski definition) is 0. The first kappa shape index (κ1) is 10.4. The van der Waals surface area contributed by atoms with Crippen LogP contribution in [0.4, 0.5) is 4.39 Å². The topological polar surface area (TPSA) is 38.9 Å². The number of rotatable bonds is 1. The van der Waals surface area contributed by atoms with Crippen LogP contribution in [0.25, 0.3) is 22.6 Å². The Morgan fingerprint density at radius 2 is 1.94 bits per heavy atom. The number of halogens is 2. The number of oxazole rings is 1. The van der Waals surface area contributed by atoms with Gasteiger partial charge in [0.15, 0.2) is 5.58 Å². The molecule has 1 aromatic carbocycles. The highest BCUT2D eigenvalue weighted by atomic mass is 79.9. The van der Waals surface area contributed by atoms with Gasteiger partial charge in [-0.3, -0.25) is 4.98 Å². The first-order valence-corrected chi connectivity index (χ1v) is 5.69. The molecule has 84 valence electrons. The van der Waals surface area contributed by atoms with Gasteiger partial charge in [0.2, 0.25) is 5.89 Å². The third kappa shape index (κ3) is 1.82. The number of benzene rings is 1. The molecular weight excluding hydrogens is 287 g/mol. The van der Waals surface area contributed by atoms with E-state index in [1.165, 1.54) is 12.1 Å². The summed E-state index contributed by atoms with van der Waals surface area (Å²) >= 11 is 3.25. The molecule has 5 heteroatoms. The molecule has 0 bridgehead atoms. The van der Waals surface area contributed by atoms with Crippen molar-refractivity contribution in [2.75, 3.05) is 0 Å². The van der Waals surface area contributed by atoms with E-state index < -0.39 is 0 Å². The average molecular weight is 293 g/mol. The molecule has 0 amide bonds. The van der Waals surface area contributed by atoms with Crippen LogP contribution in [0.3, 0.4) is 0 Å². The molecule has 17 heavy (non-hydrogen) atoms. The molecule has 0 aliphatic rings. The van der Waals surface area contributed by atoms with Crippen LogP contribution >= 0.6 is 15.9 Å². The van der Waals surface area contributed by atoms with Crippen molar-refractivity contribution in [2.45, 2.75) is 0 Å². The second-order valence-corrected chi connectivity index (χ2v) is 4.35. The lowest BCUT2D eigenvalue weighted by molar-refractivity contribution is 0.611. The highest BCUT2D eigenvalue weighted by molar-refractivity contribution is 9.10. The first-order chi connectivity index (χ1) is 8.24. The molecule has 0 spiro atoms. The van der Waals surface area contributed by atoms with E-state index in [0.717, 1.165) is 5.56 Å². The number of aromatic nitrogens is 2. The number of fused-ring (bicyclic) bond motifs is 1. The van der Waals surface area contributed by atoms with Crippen LogP contribution in [0.15, 0.2) is 45.5 Å². The molecular formula is C12H6BrFN2O. The first-order valence-electron chi connectivity index (χ1n) is 4.90. The van der Waals surface area contributed by atoms with Crippen molar-refractivity contribution in [1.82, 2.24) is 9.97 Å². The van der Waals surface area contributed by atoms with Crippen LogP contribution in [0.2, 0.25) is 0 Å². The zero-order valence-electron chi connectivity index (χ0n) is 8.52. The van der Waals surface area contributed by atoms with Gasteiger partial charge < -0.3 is 4.42 Å². The standard InChI is InChI=1S/C12H6BrFN2O/c13-9-5-8(14)6-10-11(9)17-12(16-10)7-1-3-15-4-2-7/h1-6H. The van der Waals surface area contributed by atoms with Gasteiger partial charge in [-0.15, -0.1) is 0 Å². The molecule has 0 saturated heterocycles. The molecule has 0 aliphatic carbocycles. The van der Waals surface area contributed by atoms with Crippen molar-refractivity contribution < 1.29 is 8.81 Å². The molecule has 3 aromatic rings. The van der Waals surface area contributed by atoms with Crippen LogP contribution < -0.4 is 0 Å². The lowest BCUT2D eigenvalue weighted by Gasteiger charge is -1.92. The van der Waals surface area contributed by atoms with E-state index in [1.54, 1.807) is 24.5 Å². The lowest BCUT2D eigenvalue weighted by atomic mass is 10.3. The van der Waals surface area contributed by atoms with E-state index in [2.05, 4.69) is 25.9 Å². The van der Waals surface area contributed by atoms with Crippen LogP contribution in [0.5, 0.6) is 0 Å². The van der Waals surface area contributed by atoms with Crippen molar-refractivity contribution in [1.29, 1.82) is 0 Å². The van der Waals surface area contributed by atoms with Crippen molar-refractivity contribution in [2.24, 2.45) is 0 Å². The van der Waals surface area contributed by atoms with Gasteiger partial charge in [-0.05, 0) is 34.1 Å². The molecule has 3 rings (SSSR count). The normalized spacial score (nSPS) is 10.9. The summed E-state index contributed by atoms with van der Waals surface area (Å²) in [5.74, 6) is 0.104. The summed E-state index contributed by atoms with van der Waals surface area (Å²) in [5, 5.41) is 0. The Morgan fingerprint density at radius 1 is 1.18 bits per heavy atom. The van der Waals surface area contributed by atoms with Gasteiger partial charge in [0.25, 0.3) is 0 Å². The van der Waals surface area contributed by atoms with E-state index >= 15 is 0 Å². The summed E-state index contributed by atoms with van der Waals surface area (Å²) in [6.07, 6.45) is 3.31. The maximum Gasteiger partial charge on any atom is 0.227 e. The van der Waals surface area contributed by atoms with E-state index in [-0.39, 0.29) is 5.82 Å². The number of nitrogens with zero attached hydrogens (tertiary/aromatic N) is 2. The van der Waals surface area contributed by atoms with Crippen LogP contribution in [0.1, 0.15) is 0 Å². The van der Waals surface area contributed by atoms with Crippen molar-refractivity contribution in [3.05, 3.63) is 46.9 Å². The fourth-order valence-electron chi connectivity index (χ4n) is 1.58. The van der Waals surface area contributed by atoms with E-state index in [1.807, 2.05) is 0 Å². The van der Waals surface area contributed by atoms with Gasteiger partial charge >= 0.3 is 0 Å². The molecule has 0 atom stereocenters. The second-order valence-electron chi connectivity index (χ2n) is 3.49. The summed E-state index contributed by atoms with van der Waals surface area (Å²) in [6, 6.07) is 6.27. The molecule has 0 unspecified atom stereocenters. The van der Waals surface area contributed by atoms with Crippen molar-refractivity contribution in [3.63, 3.8) is 0 Å². The predicted octanol–water partition coefficient (Wildman–Crippen LogP) is 3.79. The summed E-state index contributed by atoms with van der Waals surface area (Å²) in [5.41, 5.74) is 1.84. The maximum atomic E-state index is 13.2. The van der Waals surface area contributed by atoms with Crippen molar-refractivity contribution >= 4 is 27.0 Å². The molecule has 0 radical (unpaired) electrons. The van der Waals surface area contributed by atoms with Gasteiger partial charge in [0, 0.05) is 24.0 Å². The molecule has 2 heterocycles. The van der Waals surface area contributed by atoms with E-state index in [9.17, 15) is 4.39 Å². The predicted molar refractivity (Wildman–Crippen MR) is 64.9 cm³/mol. The Labute approximate surface area is 104 Å². The van der Waals surface area contributed by atoms with Gasteiger partial charge in [0.1, 0.15) is 11.3 Å². The summed E-state index contributed by atoms with van der Waals surface area (Å²) in [7, 11) is 0. The van der Waals surface area contributed by atoms with Gasteiger partial charge in [0.05, 0.1) is 4.47 Å². The summed E-state index contributed by atoms with van der Waals surface area (Å²) < 4.78 is 19.3. The maximum absolute atomic E-state index is 13.2. The lowest BCUT2D eigenvalue weighted by Crippen LogP contribution is -1.77. The Bertz CT molecular complexity index is 682. The SMILES string of the molecule is Fc1cc(Br)c2oc(-c3ccncc3)nc2c1. The number of hydrogen-bond acceptors (Lipinski definition) is 3. The van der Waals surface area contributed by atoms with Gasteiger partial charge in [-0.2, -0.15) is 0 Å². The van der Waals surface area contributed by atoms with E-state index in [4.69, 9.17) is 4.42 Å². The van der Waals surface area contributed by atoms with Gasteiger partial charge in [-0.1, -0.05) is 0 Å². The van der Waals surface area contributed by atoms with Gasteiger partial charge in [-0.25, -0.2) is 9.37 Å². The summed E-state index contributed by atoms with van der Waals surface area (Å²) in [4.78, 5) is 8.16. The largest absolute Gasteiger partial charge is 0.435 e. The highest BCUT2D eigenvalue weighted by Crippen LogP contribution is 2.29. The average Bonchev–Trinajstić information content (AvgIpc) is 2.74. The quantitative estimate of drug-likeness (QED) is 0.685. The van der Waals surface area contributed by atoms with Crippen LogP contribution in [-0.4, -0.2) is 9.97 Å². The Kier molecular flexibility index (Phi) is 2.40. The Morgan fingerprint density at radius 3 is 2.71 bits per heavy atom. The molecule has 2 aromatic heterocycles. The third-order valence-electron chi connectivity index (χ3n) is 2.34. The molecule has 0 N–H and O–H groups in total. The smallest absolute Gasteiger partial charge is 0.227 e. The summed E-state index contributed by atoms with van der Waals surface area (Å²) in [6.45, 7) is 0.